The maximum Gasteiger partial charge on any atom is 0.348 e. The van der Waals surface area contributed by atoms with Gasteiger partial charge in [0.05, 0.1) is 5.39 Å². The number of hydrogen-bond acceptors (Lipinski definition) is 6. The second-order valence-electron chi connectivity index (χ2n) is 8.08. The molecule has 2 aromatic carbocycles. The van der Waals surface area contributed by atoms with Crippen molar-refractivity contribution in [2.24, 2.45) is 7.05 Å². The first kappa shape index (κ1) is 23.5. The van der Waals surface area contributed by atoms with Crippen LogP contribution in [-0.4, -0.2) is 15.1 Å². The van der Waals surface area contributed by atoms with Crippen molar-refractivity contribution in [3.8, 4) is 5.75 Å². The van der Waals surface area contributed by atoms with Crippen LogP contribution in [0.5, 0.6) is 5.75 Å². The molecule has 4 rings (SSSR count). The number of aryl methyl sites for hydroxylation is 2. The highest BCUT2D eigenvalue weighted by molar-refractivity contribution is 7.20. The van der Waals surface area contributed by atoms with E-state index in [-0.39, 0.29) is 16.9 Å². The van der Waals surface area contributed by atoms with Gasteiger partial charge in [-0.25, -0.2) is 14.2 Å². The van der Waals surface area contributed by atoms with E-state index >= 15 is 0 Å². The molecule has 8 heteroatoms. The number of aromatic nitrogens is 2. The Morgan fingerprint density at radius 3 is 2.44 bits per heavy atom. The predicted octanol–water partition coefficient (Wildman–Crippen LogP) is 4.80. The monoisotopic (exact) mass is 478 g/mol. The molecule has 34 heavy (non-hydrogen) atoms. The molecule has 1 atom stereocenters. The summed E-state index contributed by atoms with van der Waals surface area (Å²) in [5.74, 6) is 0.0399. The van der Waals surface area contributed by atoms with Gasteiger partial charge in [0.25, 0.3) is 5.56 Å². The summed E-state index contributed by atoms with van der Waals surface area (Å²) in [4.78, 5) is 39.9. The van der Waals surface area contributed by atoms with E-state index in [1.807, 2.05) is 68.4 Å². The van der Waals surface area contributed by atoms with Crippen LogP contribution in [0.1, 0.15) is 46.8 Å². The Hall–Kier alpha value is -3.65. The van der Waals surface area contributed by atoms with Crippen molar-refractivity contribution in [1.82, 2.24) is 9.13 Å². The van der Waals surface area contributed by atoms with Gasteiger partial charge in [0.1, 0.15) is 22.1 Å². The van der Waals surface area contributed by atoms with Crippen LogP contribution in [0.25, 0.3) is 10.2 Å². The van der Waals surface area contributed by atoms with Gasteiger partial charge < -0.3 is 9.47 Å². The molecular formula is C26H26N2O5S. The van der Waals surface area contributed by atoms with Crippen LogP contribution in [0, 0.1) is 6.92 Å². The number of nitrogens with zero attached hydrogens (tertiary/aromatic N) is 2. The molecule has 0 spiro atoms. The van der Waals surface area contributed by atoms with Gasteiger partial charge in [-0.15, -0.1) is 11.3 Å². The highest BCUT2D eigenvalue weighted by Crippen LogP contribution is 2.25. The number of ether oxygens (including phenoxy) is 2. The molecule has 0 N–H and O–H groups in total. The first-order valence-corrected chi connectivity index (χ1v) is 11.9. The molecule has 7 nitrogen and oxygen atoms in total. The normalized spacial score (nSPS) is 12.0. The zero-order valence-electron chi connectivity index (χ0n) is 19.3. The summed E-state index contributed by atoms with van der Waals surface area (Å²) in [5.41, 5.74) is 0.970. The molecular weight excluding hydrogens is 452 g/mol. The van der Waals surface area contributed by atoms with Crippen molar-refractivity contribution >= 4 is 27.5 Å². The van der Waals surface area contributed by atoms with E-state index in [0.717, 1.165) is 27.0 Å². The number of esters is 1. The molecule has 176 valence electrons. The van der Waals surface area contributed by atoms with Gasteiger partial charge in [-0.2, -0.15) is 0 Å². The second kappa shape index (κ2) is 10.1. The fourth-order valence-electron chi connectivity index (χ4n) is 3.66. The molecule has 0 amide bonds. The highest BCUT2D eigenvalue weighted by atomic mass is 32.1. The van der Waals surface area contributed by atoms with E-state index < -0.39 is 23.4 Å². The molecule has 0 saturated carbocycles. The number of carbonyl (C=O) groups is 1. The molecule has 0 aliphatic carbocycles. The number of thiophene rings is 1. The quantitative estimate of drug-likeness (QED) is 0.340. The van der Waals surface area contributed by atoms with Crippen molar-refractivity contribution < 1.29 is 14.3 Å². The Kier molecular flexibility index (Phi) is 6.98. The third kappa shape index (κ3) is 4.82. The van der Waals surface area contributed by atoms with Gasteiger partial charge in [0, 0.05) is 13.5 Å². The third-order valence-corrected chi connectivity index (χ3v) is 6.68. The van der Waals surface area contributed by atoms with E-state index in [4.69, 9.17) is 9.47 Å². The average Bonchev–Trinajstić information content (AvgIpc) is 3.30. The Labute approximate surface area is 200 Å². The third-order valence-electron chi connectivity index (χ3n) is 5.49. The Bertz CT molecular complexity index is 1420. The summed E-state index contributed by atoms with van der Waals surface area (Å²) >= 11 is 1.07. The first-order chi connectivity index (χ1) is 16.4. The highest BCUT2D eigenvalue weighted by Gasteiger charge is 2.23. The van der Waals surface area contributed by atoms with Gasteiger partial charge in [-0.05, 0) is 30.7 Å². The van der Waals surface area contributed by atoms with Crippen molar-refractivity contribution in [2.75, 3.05) is 0 Å². The smallest absolute Gasteiger partial charge is 0.348 e. The molecule has 2 aromatic heterocycles. The summed E-state index contributed by atoms with van der Waals surface area (Å²) < 4.78 is 14.0. The van der Waals surface area contributed by atoms with Gasteiger partial charge in [0.15, 0.2) is 6.23 Å². The van der Waals surface area contributed by atoms with Gasteiger partial charge in [-0.3, -0.25) is 9.36 Å². The van der Waals surface area contributed by atoms with Crippen LogP contribution >= 0.6 is 11.3 Å². The maximum absolute atomic E-state index is 13.4. The average molecular weight is 479 g/mol. The summed E-state index contributed by atoms with van der Waals surface area (Å²) in [6.45, 7) is 4.06. The van der Waals surface area contributed by atoms with Crippen LogP contribution in [0.2, 0.25) is 0 Å². The zero-order valence-corrected chi connectivity index (χ0v) is 20.1. The largest absolute Gasteiger partial charge is 0.470 e. The molecule has 0 bridgehead atoms. The number of carbonyl (C=O) groups excluding carboxylic acids is 1. The Morgan fingerprint density at radius 2 is 1.76 bits per heavy atom. The van der Waals surface area contributed by atoms with Gasteiger partial charge in [0.2, 0.25) is 0 Å². The van der Waals surface area contributed by atoms with E-state index in [1.165, 1.54) is 10.6 Å². The predicted molar refractivity (Wildman–Crippen MR) is 133 cm³/mol. The summed E-state index contributed by atoms with van der Waals surface area (Å²) in [6, 6.07) is 18.3. The number of rotatable bonds is 8. The van der Waals surface area contributed by atoms with Crippen LogP contribution in [0.15, 0.2) is 70.3 Å². The minimum atomic E-state index is -0.767. The van der Waals surface area contributed by atoms with Crippen LogP contribution in [0.3, 0.4) is 0 Å². The van der Waals surface area contributed by atoms with E-state index in [2.05, 4.69) is 0 Å². The van der Waals surface area contributed by atoms with Crippen molar-refractivity contribution in [2.45, 2.75) is 39.5 Å². The molecule has 0 aliphatic rings. The lowest BCUT2D eigenvalue weighted by molar-refractivity contribution is 0.0478. The molecule has 1 unspecified atom stereocenters. The minimum absolute atomic E-state index is 0.125. The minimum Gasteiger partial charge on any atom is -0.470 e. The first-order valence-electron chi connectivity index (χ1n) is 11.1. The molecule has 0 aliphatic heterocycles. The number of fused-ring (bicyclic) bond motifs is 1. The second-order valence-corrected chi connectivity index (χ2v) is 9.11. The topological polar surface area (TPSA) is 79.5 Å². The Balaban J connectivity index is 1.69. The molecule has 0 saturated heterocycles. The Morgan fingerprint density at radius 1 is 1.06 bits per heavy atom. The molecule has 0 fully saturated rings. The fourth-order valence-corrected chi connectivity index (χ4v) is 4.66. The summed E-state index contributed by atoms with van der Waals surface area (Å²) in [7, 11) is 1.59. The van der Waals surface area contributed by atoms with Crippen LogP contribution in [-0.2, 0) is 18.4 Å². The van der Waals surface area contributed by atoms with Crippen molar-refractivity contribution in [3.63, 3.8) is 0 Å². The fraction of sp³-hybridized carbons (Fsp3) is 0.269. The SMILES string of the molecule is CCCC(Oc1ccc(C)cc1)n1c(=O)c2cc(C(=O)OCc3ccccc3)sc2n(C)c1=O. The number of benzene rings is 2. The van der Waals surface area contributed by atoms with E-state index in [1.54, 1.807) is 7.05 Å². The molecule has 0 radical (unpaired) electrons. The lowest BCUT2D eigenvalue weighted by atomic mass is 10.2. The van der Waals surface area contributed by atoms with E-state index in [0.29, 0.717) is 23.4 Å². The molecule has 2 heterocycles. The van der Waals surface area contributed by atoms with Crippen LogP contribution < -0.4 is 16.0 Å². The van der Waals surface area contributed by atoms with Gasteiger partial charge >= 0.3 is 11.7 Å². The number of hydrogen-bond donors (Lipinski definition) is 0. The summed E-state index contributed by atoms with van der Waals surface area (Å²) in [6.07, 6.45) is 0.423. The van der Waals surface area contributed by atoms with E-state index in [9.17, 15) is 14.4 Å². The van der Waals surface area contributed by atoms with Crippen molar-refractivity contribution in [1.29, 1.82) is 0 Å². The summed E-state index contributed by atoms with van der Waals surface area (Å²) in [5, 5.41) is 0.285. The van der Waals surface area contributed by atoms with Crippen LogP contribution in [0.4, 0.5) is 0 Å². The molecule has 4 aromatic rings. The van der Waals surface area contributed by atoms with Gasteiger partial charge in [-0.1, -0.05) is 61.4 Å². The zero-order chi connectivity index (χ0) is 24.2. The lowest BCUT2D eigenvalue weighted by Gasteiger charge is -2.21. The standard InChI is InChI=1S/C26H26N2O5S/c1-4-8-22(33-19-13-11-17(2)12-14-19)28-23(29)20-15-21(34-24(20)27(3)26(28)31)25(30)32-16-18-9-6-5-7-10-18/h5-7,9-15,22H,4,8,16H2,1-3H3. The van der Waals surface area contributed by atoms with Crippen molar-refractivity contribution in [3.05, 3.63) is 97.5 Å². The lowest BCUT2D eigenvalue weighted by Crippen LogP contribution is -2.42. The maximum atomic E-state index is 13.4.